The van der Waals surface area contributed by atoms with E-state index in [2.05, 4.69) is 198 Å². The Bertz CT molecular complexity index is 2930. The largest absolute Gasteiger partial charge is 0.309 e. The maximum Gasteiger partial charge on any atom is 0.0716 e. The molecule has 3 heteroatoms. The maximum atomic E-state index is 5.30. The lowest BCUT2D eigenvalue weighted by Gasteiger charge is -2.14. The molecule has 0 N–H and O–H groups in total. The Morgan fingerprint density at radius 2 is 0.865 bits per heavy atom. The molecule has 10 rings (SSSR count). The van der Waals surface area contributed by atoms with Crippen molar-refractivity contribution < 1.29 is 0 Å². The highest BCUT2D eigenvalue weighted by molar-refractivity contribution is 6.13. The molecule has 3 heterocycles. The predicted molar refractivity (Wildman–Crippen MR) is 219 cm³/mol. The standard InChI is InChI=1S/C49H33N3/c1-2-33-17-14-28-48-49(33)42-24-8-11-27-47(42)52(48)39-21-13-19-36(30-39)44-32-37(31-43(50-44)34-15-4-3-5-16-34)35-18-12-20-38(29-35)51-45-25-9-6-22-40(45)41-23-7-10-26-46(41)51/h2-32H,1H2. The number of fused-ring (bicyclic) bond motifs is 6. The van der Waals surface area contributed by atoms with Gasteiger partial charge in [-0.15, -0.1) is 0 Å². The molecule has 0 atom stereocenters. The smallest absolute Gasteiger partial charge is 0.0716 e. The molecule has 0 saturated heterocycles. The van der Waals surface area contributed by atoms with Gasteiger partial charge < -0.3 is 9.13 Å². The van der Waals surface area contributed by atoms with E-state index in [1.54, 1.807) is 0 Å². The maximum absolute atomic E-state index is 5.30. The van der Waals surface area contributed by atoms with Crippen molar-refractivity contribution in [2.24, 2.45) is 0 Å². The van der Waals surface area contributed by atoms with E-state index in [1.807, 2.05) is 6.08 Å². The second kappa shape index (κ2) is 12.1. The van der Waals surface area contributed by atoms with E-state index < -0.39 is 0 Å². The topological polar surface area (TPSA) is 22.8 Å². The molecule has 0 aliphatic heterocycles. The summed E-state index contributed by atoms with van der Waals surface area (Å²) in [5, 5.41) is 4.94. The summed E-state index contributed by atoms with van der Waals surface area (Å²) in [4.78, 5) is 5.30. The first-order valence-corrected chi connectivity index (χ1v) is 17.7. The van der Waals surface area contributed by atoms with Crippen LogP contribution in [0.4, 0.5) is 0 Å². The van der Waals surface area contributed by atoms with E-state index in [0.29, 0.717) is 0 Å². The summed E-state index contributed by atoms with van der Waals surface area (Å²) < 4.78 is 4.74. The Morgan fingerprint density at radius 1 is 0.385 bits per heavy atom. The number of rotatable bonds is 6. The van der Waals surface area contributed by atoms with Crippen LogP contribution in [0.25, 0.3) is 94.7 Å². The van der Waals surface area contributed by atoms with Crippen LogP contribution in [-0.2, 0) is 0 Å². The average molecular weight is 664 g/mol. The lowest BCUT2D eigenvalue weighted by atomic mass is 9.99. The van der Waals surface area contributed by atoms with E-state index in [9.17, 15) is 0 Å². The first kappa shape index (κ1) is 29.9. The number of benzene rings is 7. The predicted octanol–water partition coefficient (Wildman–Crippen LogP) is 12.9. The van der Waals surface area contributed by atoms with Gasteiger partial charge in [-0.3, -0.25) is 0 Å². The van der Waals surface area contributed by atoms with Gasteiger partial charge in [0.05, 0.1) is 33.5 Å². The molecular formula is C49H33N3. The van der Waals surface area contributed by atoms with Crippen LogP contribution in [0, 0.1) is 0 Å². The summed E-state index contributed by atoms with van der Waals surface area (Å²) in [6, 6.07) is 65.0. The molecule has 7 aromatic carbocycles. The van der Waals surface area contributed by atoms with Crippen LogP contribution in [-0.4, -0.2) is 14.1 Å². The van der Waals surface area contributed by atoms with E-state index in [-0.39, 0.29) is 0 Å². The highest BCUT2D eigenvalue weighted by atomic mass is 15.0. The third-order valence-corrected chi connectivity index (χ3v) is 10.3. The van der Waals surface area contributed by atoms with Gasteiger partial charge in [-0.05, 0) is 77.4 Å². The van der Waals surface area contributed by atoms with Gasteiger partial charge in [0.2, 0.25) is 0 Å². The molecule has 0 saturated carbocycles. The first-order valence-electron chi connectivity index (χ1n) is 17.7. The van der Waals surface area contributed by atoms with Gasteiger partial charge in [-0.2, -0.15) is 0 Å². The highest BCUT2D eigenvalue weighted by Crippen LogP contribution is 2.38. The summed E-state index contributed by atoms with van der Waals surface area (Å²) >= 11 is 0. The Kier molecular flexibility index (Phi) is 6.97. The monoisotopic (exact) mass is 663 g/mol. The van der Waals surface area contributed by atoms with Gasteiger partial charge in [0.25, 0.3) is 0 Å². The molecule has 0 bridgehead atoms. The van der Waals surface area contributed by atoms with Crippen molar-refractivity contribution in [2.75, 3.05) is 0 Å². The summed E-state index contributed by atoms with van der Waals surface area (Å²) in [5.41, 5.74) is 14.3. The van der Waals surface area contributed by atoms with Crippen LogP contribution < -0.4 is 0 Å². The Balaban J connectivity index is 1.16. The van der Waals surface area contributed by atoms with Crippen LogP contribution in [0.3, 0.4) is 0 Å². The summed E-state index contributed by atoms with van der Waals surface area (Å²) in [6.45, 7) is 4.12. The Morgan fingerprint density at radius 3 is 1.54 bits per heavy atom. The molecule has 244 valence electrons. The number of para-hydroxylation sites is 3. The molecule has 0 fully saturated rings. The normalized spacial score (nSPS) is 11.5. The second-order valence-electron chi connectivity index (χ2n) is 13.3. The highest BCUT2D eigenvalue weighted by Gasteiger charge is 2.17. The molecule has 0 radical (unpaired) electrons. The van der Waals surface area contributed by atoms with Crippen molar-refractivity contribution in [2.45, 2.75) is 0 Å². The molecule has 0 unspecified atom stereocenters. The number of hydrogen-bond acceptors (Lipinski definition) is 1. The minimum absolute atomic E-state index is 0.924. The van der Waals surface area contributed by atoms with Crippen molar-refractivity contribution >= 4 is 49.7 Å². The molecule has 0 spiro atoms. The van der Waals surface area contributed by atoms with E-state index in [1.165, 1.54) is 32.6 Å². The molecule has 0 amide bonds. The number of pyridine rings is 1. The number of nitrogens with zero attached hydrogens (tertiary/aromatic N) is 3. The van der Waals surface area contributed by atoms with Crippen LogP contribution >= 0.6 is 0 Å². The number of hydrogen-bond donors (Lipinski definition) is 0. The fourth-order valence-corrected chi connectivity index (χ4v) is 7.93. The lowest BCUT2D eigenvalue weighted by Crippen LogP contribution is -1.96. The average Bonchev–Trinajstić information content (AvgIpc) is 3.74. The Hall–Kier alpha value is -6.97. The van der Waals surface area contributed by atoms with Crippen molar-refractivity contribution in [3.63, 3.8) is 0 Å². The molecule has 3 nitrogen and oxygen atoms in total. The summed E-state index contributed by atoms with van der Waals surface area (Å²) in [5.74, 6) is 0. The van der Waals surface area contributed by atoms with Crippen LogP contribution in [0.1, 0.15) is 5.56 Å². The van der Waals surface area contributed by atoms with E-state index in [0.717, 1.165) is 61.6 Å². The fourth-order valence-electron chi connectivity index (χ4n) is 7.93. The van der Waals surface area contributed by atoms with Gasteiger partial charge in [0.1, 0.15) is 0 Å². The molecule has 3 aromatic heterocycles. The SMILES string of the molecule is C=Cc1cccc2c1c1ccccc1n2-c1cccc(-c2cc(-c3cccc(-n4c5ccccc5c5ccccc54)c3)cc(-c3ccccc3)n2)c1. The van der Waals surface area contributed by atoms with Crippen LogP contribution in [0.15, 0.2) is 189 Å². The van der Waals surface area contributed by atoms with Gasteiger partial charge in [-0.1, -0.05) is 134 Å². The zero-order valence-corrected chi connectivity index (χ0v) is 28.4. The zero-order valence-electron chi connectivity index (χ0n) is 28.4. The van der Waals surface area contributed by atoms with Crippen molar-refractivity contribution in [1.29, 1.82) is 0 Å². The van der Waals surface area contributed by atoms with Gasteiger partial charge >= 0.3 is 0 Å². The van der Waals surface area contributed by atoms with Crippen LogP contribution in [0.2, 0.25) is 0 Å². The number of aromatic nitrogens is 3. The minimum atomic E-state index is 0.924. The van der Waals surface area contributed by atoms with E-state index >= 15 is 0 Å². The van der Waals surface area contributed by atoms with Gasteiger partial charge in [0, 0.05) is 44.0 Å². The summed E-state index contributed by atoms with van der Waals surface area (Å²) in [6.07, 6.45) is 1.95. The Labute approximate surface area is 302 Å². The molecule has 0 aliphatic carbocycles. The molecule has 0 aliphatic rings. The minimum Gasteiger partial charge on any atom is -0.309 e. The third-order valence-electron chi connectivity index (χ3n) is 10.3. The molecular weight excluding hydrogens is 631 g/mol. The lowest BCUT2D eigenvalue weighted by molar-refractivity contribution is 1.18. The van der Waals surface area contributed by atoms with Crippen molar-refractivity contribution in [1.82, 2.24) is 14.1 Å². The second-order valence-corrected chi connectivity index (χ2v) is 13.3. The van der Waals surface area contributed by atoms with Crippen molar-refractivity contribution in [3.8, 4) is 45.0 Å². The quantitative estimate of drug-likeness (QED) is 0.174. The first-order chi connectivity index (χ1) is 25.7. The van der Waals surface area contributed by atoms with Crippen LogP contribution in [0.5, 0.6) is 0 Å². The summed E-state index contributed by atoms with van der Waals surface area (Å²) in [7, 11) is 0. The molecule has 52 heavy (non-hydrogen) atoms. The third kappa shape index (κ3) is 4.79. The van der Waals surface area contributed by atoms with Gasteiger partial charge in [0.15, 0.2) is 0 Å². The van der Waals surface area contributed by atoms with Crippen molar-refractivity contribution in [3.05, 3.63) is 194 Å². The zero-order chi connectivity index (χ0) is 34.6. The molecule has 10 aromatic rings. The van der Waals surface area contributed by atoms with E-state index in [4.69, 9.17) is 4.98 Å². The van der Waals surface area contributed by atoms with Gasteiger partial charge in [-0.25, -0.2) is 4.98 Å². The fraction of sp³-hybridized carbons (Fsp3) is 0.